The van der Waals surface area contributed by atoms with Gasteiger partial charge in [0.25, 0.3) is 0 Å². The Morgan fingerprint density at radius 3 is 2.75 bits per heavy atom. The van der Waals surface area contributed by atoms with Crippen LogP contribution in [0.3, 0.4) is 0 Å². The van der Waals surface area contributed by atoms with Crippen molar-refractivity contribution in [2.75, 3.05) is 12.4 Å². The molecule has 1 aromatic heterocycles. The summed E-state index contributed by atoms with van der Waals surface area (Å²) in [5.41, 5.74) is 4.27. The number of ether oxygens (including phenoxy) is 1. The van der Waals surface area contributed by atoms with Crippen molar-refractivity contribution in [3.8, 4) is 5.75 Å². The van der Waals surface area contributed by atoms with Gasteiger partial charge in [0.1, 0.15) is 5.75 Å². The summed E-state index contributed by atoms with van der Waals surface area (Å²) in [6.07, 6.45) is 1.81. The maximum Gasteiger partial charge on any atom is 0.119 e. The molecule has 2 aromatic carbocycles. The molecule has 100 valence electrons. The molecule has 0 saturated heterocycles. The molecule has 3 nitrogen and oxygen atoms in total. The molecule has 1 heterocycles. The molecule has 0 spiro atoms. The van der Waals surface area contributed by atoms with Crippen molar-refractivity contribution >= 4 is 22.3 Å². The van der Waals surface area contributed by atoms with Crippen LogP contribution >= 0.6 is 0 Å². The summed E-state index contributed by atoms with van der Waals surface area (Å²) in [5.74, 6) is 0.831. The van der Waals surface area contributed by atoms with E-state index < -0.39 is 0 Å². The molecular formula is C17H16N2O. The molecular weight excluding hydrogens is 248 g/mol. The molecule has 3 aromatic rings. The number of methoxy groups -OCH3 is 1. The molecule has 0 amide bonds. The number of aryl methyl sites for hydroxylation is 1. The van der Waals surface area contributed by atoms with Crippen LogP contribution in [0.2, 0.25) is 0 Å². The summed E-state index contributed by atoms with van der Waals surface area (Å²) in [6, 6.07) is 16.2. The minimum atomic E-state index is 0.831. The predicted octanol–water partition coefficient (Wildman–Crippen LogP) is 4.30. The van der Waals surface area contributed by atoms with Crippen LogP contribution in [0.1, 0.15) is 5.56 Å². The number of hydrogen-bond donors (Lipinski definition) is 1. The van der Waals surface area contributed by atoms with Gasteiger partial charge in [0, 0.05) is 23.0 Å². The third-order valence-corrected chi connectivity index (χ3v) is 3.25. The normalized spacial score (nSPS) is 10.5. The van der Waals surface area contributed by atoms with Crippen molar-refractivity contribution in [3.63, 3.8) is 0 Å². The Labute approximate surface area is 118 Å². The van der Waals surface area contributed by atoms with Gasteiger partial charge in [-0.05, 0) is 48.9 Å². The second kappa shape index (κ2) is 5.21. The number of rotatable bonds is 3. The minimum Gasteiger partial charge on any atom is -0.497 e. The highest BCUT2D eigenvalue weighted by Crippen LogP contribution is 2.28. The second-order valence-corrected chi connectivity index (χ2v) is 4.74. The van der Waals surface area contributed by atoms with Gasteiger partial charge in [-0.15, -0.1) is 0 Å². The molecule has 3 rings (SSSR count). The van der Waals surface area contributed by atoms with Gasteiger partial charge in [0.2, 0.25) is 0 Å². The van der Waals surface area contributed by atoms with Crippen molar-refractivity contribution in [3.05, 3.63) is 60.3 Å². The van der Waals surface area contributed by atoms with E-state index in [9.17, 15) is 0 Å². The van der Waals surface area contributed by atoms with E-state index in [2.05, 4.69) is 35.4 Å². The Hall–Kier alpha value is -2.55. The minimum absolute atomic E-state index is 0.831. The Morgan fingerprint density at radius 2 is 1.95 bits per heavy atom. The third-order valence-electron chi connectivity index (χ3n) is 3.25. The molecule has 0 aliphatic carbocycles. The molecule has 0 saturated carbocycles. The lowest BCUT2D eigenvalue weighted by Crippen LogP contribution is -1.93. The monoisotopic (exact) mass is 264 g/mol. The first kappa shape index (κ1) is 12.5. The zero-order valence-corrected chi connectivity index (χ0v) is 11.6. The summed E-state index contributed by atoms with van der Waals surface area (Å²) in [4.78, 5) is 4.38. The molecule has 0 radical (unpaired) electrons. The van der Waals surface area contributed by atoms with E-state index >= 15 is 0 Å². The Morgan fingerprint density at radius 1 is 1.05 bits per heavy atom. The number of nitrogens with one attached hydrogen (secondary N) is 1. The van der Waals surface area contributed by atoms with E-state index in [-0.39, 0.29) is 0 Å². The van der Waals surface area contributed by atoms with E-state index in [1.54, 1.807) is 7.11 Å². The highest BCUT2D eigenvalue weighted by Gasteiger charge is 2.04. The van der Waals surface area contributed by atoms with Crippen molar-refractivity contribution in [2.24, 2.45) is 0 Å². The Kier molecular flexibility index (Phi) is 3.25. The van der Waals surface area contributed by atoms with E-state index in [0.29, 0.717) is 0 Å². The molecule has 0 aliphatic heterocycles. The molecule has 1 N–H and O–H groups in total. The maximum atomic E-state index is 5.29. The van der Waals surface area contributed by atoms with Crippen LogP contribution in [0, 0.1) is 6.92 Å². The Balaban J connectivity index is 2.06. The number of aromatic nitrogens is 1. The van der Waals surface area contributed by atoms with Crippen molar-refractivity contribution < 1.29 is 4.74 Å². The fourth-order valence-corrected chi connectivity index (χ4v) is 2.24. The number of nitrogens with zero attached hydrogens (tertiary/aromatic N) is 1. The van der Waals surface area contributed by atoms with Gasteiger partial charge in [0.15, 0.2) is 0 Å². The average Bonchev–Trinajstić information content (AvgIpc) is 2.47. The summed E-state index contributed by atoms with van der Waals surface area (Å²) in [7, 11) is 1.67. The first-order valence-electron chi connectivity index (χ1n) is 6.53. The number of hydrogen-bond acceptors (Lipinski definition) is 3. The summed E-state index contributed by atoms with van der Waals surface area (Å²) >= 11 is 0. The summed E-state index contributed by atoms with van der Waals surface area (Å²) in [5, 5.41) is 4.49. The molecule has 3 heteroatoms. The molecule has 20 heavy (non-hydrogen) atoms. The zero-order chi connectivity index (χ0) is 13.9. The molecule has 0 aliphatic rings. The van der Waals surface area contributed by atoms with Crippen LogP contribution in [0.15, 0.2) is 54.7 Å². The Bertz CT molecular complexity index is 753. The van der Waals surface area contributed by atoms with E-state index in [0.717, 1.165) is 28.0 Å². The smallest absolute Gasteiger partial charge is 0.119 e. The van der Waals surface area contributed by atoms with Crippen LogP contribution in [-0.2, 0) is 0 Å². The van der Waals surface area contributed by atoms with Crippen LogP contribution in [0.25, 0.3) is 10.9 Å². The van der Waals surface area contributed by atoms with Crippen LogP contribution in [0.4, 0.5) is 11.4 Å². The molecule has 0 atom stereocenters. The van der Waals surface area contributed by atoms with Crippen LogP contribution in [0.5, 0.6) is 5.75 Å². The van der Waals surface area contributed by atoms with Crippen molar-refractivity contribution in [2.45, 2.75) is 6.92 Å². The molecule has 0 bridgehead atoms. The zero-order valence-electron chi connectivity index (χ0n) is 11.6. The number of anilines is 2. The quantitative estimate of drug-likeness (QED) is 0.766. The van der Waals surface area contributed by atoms with Gasteiger partial charge in [-0.25, -0.2) is 0 Å². The van der Waals surface area contributed by atoms with E-state index in [1.165, 1.54) is 5.56 Å². The molecule has 0 unspecified atom stereocenters. The summed E-state index contributed by atoms with van der Waals surface area (Å²) < 4.78 is 5.29. The highest BCUT2D eigenvalue weighted by atomic mass is 16.5. The fraction of sp³-hybridized carbons (Fsp3) is 0.118. The lowest BCUT2D eigenvalue weighted by molar-refractivity contribution is 0.415. The second-order valence-electron chi connectivity index (χ2n) is 4.74. The van der Waals surface area contributed by atoms with Gasteiger partial charge >= 0.3 is 0 Å². The van der Waals surface area contributed by atoms with Gasteiger partial charge in [-0.1, -0.05) is 12.1 Å². The van der Waals surface area contributed by atoms with E-state index in [1.807, 2.05) is 36.5 Å². The van der Waals surface area contributed by atoms with Crippen LogP contribution < -0.4 is 10.1 Å². The van der Waals surface area contributed by atoms with Gasteiger partial charge in [-0.3, -0.25) is 4.98 Å². The average molecular weight is 264 g/mol. The van der Waals surface area contributed by atoms with Gasteiger partial charge in [-0.2, -0.15) is 0 Å². The highest BCUT2D eigenvalue weighted by molar-refractivity contribution is 5.93. The first-order valence-corrected chi connectivity index (χ1v) is 6.53. The topological polar surface area (TPSA) is 34.1 Å². The maximum absolute atomic E-state index is 5.29. The fourth-order valence-electron chi connectivity index (χ4n) is 2.24. The van der Waals surface area contributed by atoms with Crippen molar-refractivity contribution in [1.29, 1.82) is 0 Å². The SMILES string of the molecule is COc1ccc2nccc(Nc3cccc(C)c3)c2c1. The summed E-state index contributed by atoms with van der Waals surface area (Å²) in [6.45, 7) is 2.08. The van der Waals surface area contributed by atoms with E-state index in [4.69, 9.17) is 4.74 Å². The van der Waals surface area contributed by atoms with Gasteiger partial charge < -0.3 is 10.1 Å². The molecule has 0 fully saturated rings. The van der Waals surface area contributed by atoms with Crippen LogP contribution in [-0.4, -0.2) is 12.1 Å². The standard InChI is InChI=1S/C17H16N2O/c1-12-4-3-5-13(10-12)19-17-8-9-18-16-7-6-14(20-2)11-15(16)17/h3-11H,1-2H3,(H,18,19). The largest absolute Gasteiger partial charge is 0.497 e. The van der Waals surface area contributed by atoms with Gasteiger partial charge in [0.05, 0.1) is 12.6 Å². The number of fused-ring (bicyclic) bond motifs is 1. The lowest BCUT2D eigenvalue weighted by Gasteiger charge is -2.11. The first-order chi connectivity index (χ1) is 9.76. The van der Waals surface area contributed by atoms with Crippen molar-refractivity contribution in [1.82, 2.24) is 4.98 Å². The predicted molar refractivity (Wildman–Crippen MR) is 82.8 cm³/mol. The number of benzene rings is 2. The third kappa shape index (κ3) is 2.43. The number of pyridine rings is 1. The lowest BCUT2D eigenvalue weighted by atomic mass is 10.1.